The number of hydrogen-bond donors (Lipinski definition) is 2. The van der Waals surface area contributed by atoms with Crippen LogP contribution in [0.25, 0.3) is 44.8 Å². The van der Waals surface area contributed by atoms with Crippen LogP contribution in [0.3, 0.4) is 0 Å². The van der Waals surface area contributed by atoms with E-state index < -0.39 is 23.9 Å². The smallest absolute Gasteiger partial charge is 0.337 e. The Morgan fingerprint density at radius 1 is 0.554 bits per heavy atom. The standard InChI is InChI=1S/C64H66N6O4/c1-61(2,3)45-27-43(28-46(33-45)62(4,5)6)37-15-19-39(20-16-37)55-53-54(58(69-55)50(36-66)52-32-42(24-26-68-52)60(72)74-14)56(70-57(53)49(35-65)51-31-41(23-25-67-51)59(71)73-13)40-21-17-38(18-22-40)44-29-47(63(7,8)9)34-48(30-44)64(10,11)12/h15-34,49,57,69-70H,1-14H3/b58-50-. The molecule has 4 aromatic carbocycles. The normalized spacial score (nSPS) is 14.5. The summed E-state index contributed by atoms with van der Waals surface area (Å²) >= 11 is 0. The average molecular weight is 983 g/mol. The lowest BCUT2D eigenvalue weighted by Gasteiger charge is -2.26. The van der Waals surface area contributed by atoms with Gasteiger partial charge < -0.3 is 19.8 Å². The molecule has 2 N–H and O–H groups in total. The van der Waals surface area contributed by atoms with E-state index in [1.54, 1.807) is 24.3 Å². The summed E-state index contributed by atoms with van der Waals surface area (Å²) in [5.41, 5.74) is 13.8. The van der Waals surface area contributed by atoms with Crippen molar-refractivity contribution in [2.24, 2.45) is 0 Å². The number of benzene rings is 4. The number of rotatable bonds is 9. The van der Waals surface area contributed by atoms with E-state index >= 15 is 0 Å². The molecular weight excluding hydrogens is 917 g/mol. The van der Waals surface area contributed by atoms with Gasteiger partial charge in [-0.2, -0.15) is 10.5 Å². The Hall–Kier alpha value is -8.08. The predicted octanol–water partition coefficient (Wildman–Crippen LogP) is 12.4. The van der Waals surface area contributed by atoms with Crippen LogP contribution < -0.4 is 15.9 Å². The second kappa shape index (κ2) is 19.7. The lowest BCUT2D eigenvalue weighted by Crippen LogP contribution is -2.29. The molecule has 7 aromatic rings. The third kappa shape index (κ3) is 10.4. The highest BCUT2D eigenvalue weighted by Crippen LogP contribution is 2.41. The summed E-state index contributed by atoms with van der Waals surface area (Å²) in [6, 6.07) is 40.8. The van der Waals surface area contributed by atoms with Crippen molar-refractivity contribution in [3.63, 3.8) is 0 Å². The number of carbonyl (C=O) groups is 2. The second-order valence-electron chi connectivity index (χ2n) is 23.4. The van der Waals surface area contributed by atoms with Gasteiger partial charge in [0.15, 0.2) is 0 Å². The molecule has 1 aliphatic rings. The van der Waals surface area contributed by atoms with E-state index in [-0.39, 0.29) is 44.1 Å². The van der Waals surface area contributed by atoms with Gasteiger partial charge >= 0.3 is 11.9 Å². The number of aromatic nitrogens is 3. The zero-order valence-electron chi connectivity index (χ0n) is 45.1. The van der Waals surface area contributed by atoms with Crippen LogP contribution in [0.2, 0.25) is 0 Å². The highest BCUT2D eigenvalue weighted by molar-refractivity contribution is 5.91. The number of fused-ring (bicyclic) bond motifs is 1. The van der Waals surface area contributed by atoms with Gasteiger partial charge in [-0.05, 0) is 102 Å². The Morgan fingerprint density at radius 3 is 1.42 bits per heavy atom. The van der Waals surface area contributed by atoms with Crippen LogP contribution in [0.1, 0.15) is 161 Å². The van der Waals surface area contributed by atoms with Gasteiger partial charge in [0.1, 0.15) is 17.6 Å². The van der Waals surface area contributed by atoms with Gasteiger partial charge in [0.25, 0.3) is 0 Å². The first-order valence-electron chi connectivity index (χ1n) is 25.0. The first kappa shape index (κ1) is 52.2. The molecule has 0 saturated carbocycles. The van der Waals surface area contributed by atoms with E-state index in [0.717, 1.165) is 38.9 Å². The van der Waals surface area contributed by atoms with Gasteiger partial charge in [-0.1, -0.05) is 168 Å². The van der Waals surface area contributed by atoms with Crippen molar-refractivity contribution in [1.29, 1.82) is 10.5 Å². The number of carbonyl (C=O) groups excluding carboxylic acids is 2. The number of H-pyrrole nitrogens is 1. The Morgan fingerprint density at radius 2 is 0.986 bits per heavy atom. The van der Waals surface area contributed by atoms with Crippen molar-refractivity contribution in [1.82, 2.24) is 20.3 Å². The fourth-order valence-electron chi connectivity index (χ4n) is 9.49. The molecule has 10 heteroatoms. The molecule has 1 aliphatic heterocycles. The van der Waals surface area contributed by atoms with Gasteiger partial charge in [-0.15, -0.1) is 0 Å². The summed E-state index contributed by atoms with van der Waals surface area (Å²) in [4.78, 5) is 38.8. The second-order valence-corrected chi connectivity index (χ2v) is 23.4. The fraction of sp³-hybridized carbons (Fsp3) is 0.312. The first-order valence-corrected chi connectivity index (χ1v) is 25.0. The van der Waals surface area contributed by atoms with E-state index in [9.17, 15) is 20.1 Å². The van der Waals surface area contributed by atoms with Gasteiger partial charge in [0.05, 0.1) is 65.6 Å². The average Bonchev–Trinajstić information content (AvgIpc) is 3.94. The van der Waals surface area contributed by atoms with Gasteiger partial charge in [0, 0.05) is 23.2 Å². The number of ether oxygens (including phenoxy) is 2. The summed E-state index contributed by atoms with van der Waals surface area (Å²) < 4.78 is 10.2. The summed E-state index contributed by atoms with van der Waals surface area (Å²) in [7, 11) is 2.62. The van der Waals surface area contributed by atoms with Crippen molar-refractivity contribution < 1.29 is 19.1 Å². The van der Waals surface area contributed by atoms with Crippen LogP contribution in [-0.4, -0.2) is 41.1 Å². The number of nitrogens with one attached hydrogen (secondary N) is 2. The maximum absolute atomic E-state index is 12.9. The Labute approximate surface area is 435 Å². The summed E-state index contributed by atoms with van der Waals surface area (Å²) in [5, 5.41) is 27.4. The maximum Gasteiger partial charge on any atom is 0.337 e. The molecule has 2 atom stereocenters. The Balaban J connectivity index is 1.42. The maximum atomic E-state index is 12.9. The van der Waals surface area contributed by atoms with Crippen molar-refractivity contribution in [3.05, 3.63) is 188 Å². The lowest BCUT2D eigenvalue weighted by atomic mass is 9.79. The highest BCUT2D eigenvalue weighted by atomic mass is 16.5. The topological polar surface area (TPSA) is 154 Å². The van der Waals surface area contributed by atoms with Gasteiger partial charge in [0.2, 0.25) is 0 Å². The van der Waals surface area contributed by atoms with E-state index in [1.807, 2.05) is 0 Å². The highest BCUT2D eigenvalue weighted by Gasteiger charge is 2.38. The third-order valence-electron chi connectivity index (χ3n) is 14.0. The largest absolute Gasteiger partial charge is 0.465 e. The van der Waals surface area contributed by atoms with Gasteiger partial charge in [-0.3, -0.25) is 9.97 Å². The number of esters is 2. The zero-order valence-corrected chi connectivity index (χ0v) is 45.1. The van der Waals surface area contributed by atoms with E-state index in [4.69, 9.17) is 9.47 Å². The van der Waals surface area contributed by atoms with Crippen molar-refractivity contribution in [3.8, 4) is 45.6 Å². The SMILES string of the molecule is COC(=O)c1ccnc(/C(C#N)=c2\[nH]c(-c3ccc(-c4cc(C(C)(C)C)cc(C(C)(C)C)c4)cc3)c3c2=C(c2ccc(-c4cc(C(C)(C)C)cc(C(C)(C)C)c4)cc2)NC3C(C#N)c2cc(C(=O)OC)ccn2)c1. The molecule has 0 amide bonds. The summed E-state index contributed by atoms with van der Waals surface area (Å²) in [6.45, 7) is 26.7. The predicted molar refractivity (Wildman–Crippen MR) is 294 cm³/mol. The molecule has 2 unspecified atom stereocenters. The number of methoxy groups -OCH3 is 2. The molecule has 0 fully saturated rings. The minimum Gasteiger partial charge on any atom is -0.465 e. The number of hydrogen-bond acceptors (Lipinski definition) is 9. The molecule has 0 spiro atoms. The Kier molecular flexibility index (Phi) is 13.9. The minimum atomic E-state index is -0.949. The van der Waals surface area contributed by atoms with Gasteiger partial charge in [-0.25, -0.2) is 9.59 Å². The number of aromatic amines is 1. The van der Waals surface area contributed by atoms with Crippen LogP contribution in [0.5, 0.6) is 0 Å². The summed E-state index contributed by atoms with van der Waals surface area (Å²) in [6.07, 6.45) is 2.99. The van der Waals surface area contributed by atoms with Crippen molar-refractivity contribution in [2.75, 3.05) is 14.2 Å². The van der Waals surface area contributed by atoms with E-state index in [0.29, 0.717) is 27.7 Å². The van der Waals surface area contributed by atoms with Crippen LogP contribution in [0.4, 0.5) is 0 Å². The molecular formula is C64H66N6O4. The van der Waals surface area contributed by atoms with Crippen LogP contribution in [0, 0.1) is 22.7 Å². The zero-order chi connectivity index (χ0) is 53.7. The van der Waals surface area contributed by atoms with Crippen LogP contribution in [0.15, 0.2) is 122 Å². The Bertz CT molecular complexity index is 3480. The molecule has 0 saturated heterocycles. The molecule has 376 valence electrons. The van der Waals surface area contributed by atoms with E-state index in [1.165, 1.54) is 48.9 Å². The van der Waals surface area contributed by atoms with Crippen molar-refractivity contribution >= 4 is 23.2 Å². The molecule has 0 aliphatic carbocycles. The molecule has 74 heavy (non-hydrogen) atoms. The monoisotopic (exact) mass is 983 g/mol. The molecule has 0 bridgehead atoms. The number of nitriles is 2. The number of pyridine rings is 2. The first-order chi connectivity index (χ1) is 34.8. The quantitative estimate of drug-likeness (QED) is 0.135. The molecule has 4 heterocycles. The van der Waals surface area contributed by atoms with Crippen molar-refractivity contribution in [2.45, 2.75) is 117 Å². The number of nitrogens with zero attached hydrogens (tertiary/aromatic N) is 4. The molecule has 3 aromatic heterocycles. The molecule has 10 nitrogen and oxygen atoms in total. The van der Waals surface area contributed by atoms with Crippen LogP contribution in [-0.2, 0) is 31.1 Å². The third-order valence-corrected chi connectivity index (χ3v) is 14.0. The molecule has 8 rings (SSSR count). The summed E-state index contributed by atoms with van der Waals surface area (Å²) in [5.74, 6) is -2.07. The molecule has 0 radical (unpaired) electrons. The van der Waals surface area contributed by atoms with Crippen LogP contribution >= 0.6 is 0 Å². The fourth-order valence-corrected chi connectivity index (χ4v) is 9.49. The lowest BCUT2D eigenvalue weighted by molar-refractivity contribution is 0.0591. The minimum absolute atomic E-state index is 0.0799. The van der Waals surface area contributed by atoms with E-state index in [2.05, 4.69) is 200 Å².